The summed E-state index contributed by atoms with van der Waals surface area (Å²) in [6, 6.07) is 8.64. The van der Waals surface area contributed by atoms with Crippen LogP contribution in [-0.4, -0.2) is 47.7 Å². The van der Waals surface area contributed by atoms with E-state index in [2.05, 4.69) is 0 Å². The number of nitrogens with zero attached hydrogens (tertiary/aromatic N) is 1. The average Bonchev–Trinajstić information content (AvgIpc) is 2.90. The Morgan fingerprint density at radius 1 is 1.35 bits per heavy atom. The number of carboxylic acid groups (broad SMARTS) is 1. The number of thiophene rings is 1. The van der Waals surface area contributed by atoms with E-state index < -0.39 is 12.0 Å². The van der Waals surface area contributed by atoms with Crippen LogP contribution in [0.5, 0.6) is 0 Å². The largest absolute Gasteiger partial charge is 0.480 e. The summed E-state index contributed by atoms with van der Waals surface area (Å²) in [7, 11) is 0. The molecule has 104 valence electrons. The summed E-state index contributed by atoms with van der Waals surface area (Å²) in [4.78, 5) is 25.7. The Bertz CT molecular complexity index is 633. The minimum absolute atomic E-state index is 0.0476. The Morgan fingerprint density at radius 2 is 2.15 bits per heavy atom. The van der Waals surface area contributed by atoms with Gasteiger partial charge in [0.05, 0.1) is 18.1 Å². The number of hydrogen-bond acceptors (Lipinski definition) is 4. The van der Waals surface area contributed by atoms with Crippen molar-refractivity contribution in [3.05, 3.63) is 35.2 Å². The van der Waals surface area contributed by atoms with Gasteiger partial charge in [-0.1, -0.05) is 18.2 Å². The van der Waals surface area contributed by atoms with E-state index in [9.17, 15) is 14.7 Å². The molecule has 1 aromatic carbocycles. The number of carbonyl (C=O) groups is 2. The molecule has 1 fully saturated rings. The lowest BCUT2D eigenvalue weighted by molar-refractivity contribution is -0.147. The van der Waals surface area contributed by atoms with Crippen molar-refractivity contribution in [3.63, 3.8) is 0 Å². The van der Waals surface area contributed by atoms with Crippen molar-refractivity contribution in [2.45, 2.75) is 6.04 Å². The van der Waals surface area contributed by atoms with Crippen LogP contribution < -0.4 is 0 Å². The van der Waals surface area contributed by atoms with Gasteiger partial charge in [-0.2, -0.15) is 0 Å². The zero-order valence-electron chi connectivity index (χ0n) is 10.6. The predicted octanol–water partition coefficient (Wildman–Crippen LogP) is 1.83. The molecule has 1 saturated heterocycles. The number of aliphatic carboxylic acids is 1. The second-order valence-electron chi connectivity index (χ2n) is 4.58. The number of carboxylic acids is 1. The average molecular weight is 291 g/mol. The first-order chi connectivity index (χ1) is 9.66. The topological polar surface area (TPSA) is 66.8 Å². The highest BCUT2D eigenvalue weighted by molar-refractivity contribution is 7.20. The van der Waals surface area contributed by atoms with Crippen molar-refractivity contribution in [2.24, 2.45) is 0 Å². The van der Waals surface area contributed by atoms with E-state index in [4.69, 9.17) is 4.74 Å². The third-order valence-corrected chi connectivity index (χ3v) is 4.41. The minimum Gasteiger partial charge on any atom is -0.480 e. The van der Waals surface area contributed by atoms with Gasteiger partial charge in [0.25, 0.3) is 5.91 Å². The second kappa shape index (κ2) is 5.22. The molecule has 0 bridgehead atoms. The highest BCUT2D eigenvalue weighted by Gasteiger charge is 2.33. The van der Waals surface area contributed by atoms with Gasteiger partial charge in [-0.3, -0.25) is 4.79 Å². The summed E-state index contributed by atoms with van der Waals surface area (Å²) < 4.78 is 6.17. The van der Waals surface area contributed by atoms with Crippen molar-refractivity contribution in [1.82, 2.24) is 4.90 Å². The van der Waals surface area contributed by atoms with Crippen molar-refractivity contribution in [3.8, 4) is 0 Å². The van der Waals surface area contributed by atoms with Crippen LogP contribution in [0.4, 0.5) is 0 Å². The SMILES string of the molecule is O=C(O)C1COCCN1C(=O)c1cc2ccccc2s1. The number of morpholine rings is 1. The van der Waals surface area contributed by atoms with Gasteiger partial charge in [0.1, 0.15) is 0 Å². The molecule has 0 aliphatic carbocycles. The van der Waals surface area contributed by atoms with Crippen molar-refractivity contribution in [2.75, 3.05) is 19.8 Å². The lowest BCUT2D eigenvalue weighted by atomic mass is 10.2. The summed E-state index contributed by atoms with van der Waals surface area (Å²) in [5.41, 5.74) is 0. The molecule has 1 unspecified atom stereocenters. The highest BCUT2D eigenvalue weighted by atomic mass is 32.1. The molecule has 2 heterocycles. The number of benzene rings is 1. The Morgan fingerprint density at radius 3 is 2.90 bits per heavy atom. The maximum Gasteiger partial charge on any atom is 0.328 e. The van der Waals surface area contributed by atoms with E-state index in [1.54, 1.807) is 0 Å². The van der Waals surface area contributed by atoms with Gasteiger partial charge >= 0.3 is 5.97 Å². The van der Waals surface area contributed by atoms with Gasteiger partial charge < -0.3 is 14.7 Å². The van der Waals surface area contributed by atoms with E-state index in [0.29, 0.717) is 18.0 Å². The molecular weight excluding hydrogens is 278 g/mol. The standard InChI is InChI=1S/C14H13NO4S/c16-13(15-5-6-19-8-10(15)14(17)18)12-7-9-3-1-2-4-11(9)20-12/h1-4,7,10H,5-6,8H2,(H,17,18). The Balaban J connectivity index is 1.92. The summed E-state index contributed by atoms with van der Waals surface area (Å²) >= 11 is 1.39. The summed E-state index contributed by atoms with van der Waals surface area (Å²) in [5.74, 6) is -1.26. The molecular formula is C14H13NO4S. The van der Waals surface area contributed by atoms with Gasteiger partial charge in [-0.15, -0.1) is 11.3 Å². The van der Waals surface area contributed by atoms with Crippen LogP contribution in [0.2, 0.25) is 0 Å². The summed E-state index contributed by atoms with van der Waals surface area (Å²) in [6.45, 7) is 0.733. The molecule has 0 saturated carbocycles. The number of amides is 1. The van der Waals surface area contributed by atoms with Gasteiger partial charge in [-0.05, 0) is 17.5 Å². The number of hydrogen-bond donors (Lipinski definition) is 1. The quantitative estimate of drug-likeness (QED) is 0.916. The summed E-state index contributed by atoms with van der Waals surface area (Å²) in [6.07, 6.45) is 0. The Kier molecular flexibility index (Phi) is 3.42. The molecule has 2 aromatic rings. The smallest absolute Gasteiger partial charge is 0.328 e. The van der Waals surface area contributed by atoms with Crippen LogP contribution in [0.15, 0.2) is 30.3 Å². The molecule has 0 radical (unpaired) electrons. The first-order valence-electron chi connectivity index (χ1n) is 6.27. The van der Waals surface area contributed by atoms with Crippen LogP contribution in [0, 0.1) is 0 Å². The molecule has 1 amide bonds. The molecule has 3 rings (SSSR count). The molecule has 6 heteroatoms. The van der Waals surface area contributed by atoms with Gasteiger partial charge in [0.2, 0.25) is 0 Å². The monoisotopic (exact) mass is 291 g/mol. The van der Waals surface area contributed by atoms with E-state index in [1.807, 2.05) is 30.3 Å². The lowest BCUT2D eigenvalue weighted by Gasteiger charge is -2.32. The highest BCUT2D eigenvalue weighted by Crippen LogP contribution is 2.27. The maximum absolute atomic E-state index is 12.5. The third kappa shape index (κ3) is 2.28. The van der Waals surface area contributed by atoms with Crippen molar-refractivity contribution >= 4 is 33.3 Å². The number of fused-ring (bicyclic) bond motifs is 1. The van der Waals surface area contributed by atoms with Gasteiger partial charge in [0.15, 0.2) is 6.04 Å². The fourth-order valence-electron chi connectivity index (χ4n) is 2.28. The molecule has 1 aromatic heterocycles. The van der Waals surface area contributed by atoms with Crippen LogP contribution in [0.25, 0.3) is 10.1 Å². The zero-order valence-corrected chi connectivity index (χ0v) is 11.4. The fraction of sp³-hybridized carbons (Fsp3) is 0.286. The van der Waals surface area contributed by atoms with E-state index >= 15 is 0 Å². The number of carbonyl (C=O) groups excluding carboxylic acids is 1. The molecule has 1 N–H and O–H groups in total. The molecule has 20 heavy (non-hydrogen) atoms. The first kappa shape index (κ1) is 13.1. The van der Waals surface area contributed by atoms with Crippen molar-refractivity contribution in [1.29, 1.82) is 0 Å². The fourth-order valence-corrected chi connectivity index (χ4v) is 3.30. The Labute approximate surface area is 119 Å². The molecule has 1 atom stereocenters. The first-order valence-corrected chi connectivity index (χ1v) is 7.08. The number of ether oxygens (including phenoxy) is 1. The summed E-state index contributed by atoms with van der Waals surface area (Å²) in [5, 5.41) is 10.2. The van der Waals surface area contributed by atoms with Crippen molar-refractivity contribution < 1.29 is 19.4 Å². The lowest BCUT2D eigenvalue weighted by Crippen LogP contribution is -2.52. The normalized spacial score (nSPS) is 19.2. The van der Waals surface area contributed by atoms with Crippen LogP contribution in [0.3, 0.4) is 0 Å². The van der Waals surface area contributed by atoms with E-state index in [0.717, 1.165) is 10.1 Å². The zero-order chi connectivity index (χ0) is 14.1. The Hall–Kier alpha value is -1.92. The van der Waals surface area contributed by atoms with Crippen LogP contribution in [-0.2, 0) is 9.53 Å². The third-order valence-electron chi connectivity index (χ3n) is 3.31. The number of rotatable bonds is 2. The van der Waals surface area contributed by atoms with E-state index in [-0.39, 0.29) is 12.5 Å². The molecule has 0 spiro atoms. The van der Waals surface area contributed by atoms with Crippen LogP contribution >= 0.6 is 11.3 Å². The molecule has 1 aliphatic heterocycles. The van der Waals surface area contributed by atoms with E-state index in [1.165, 1.54) is 16.2 Å². The molecule has 5 nitrogen and oxygen atoms in total. The molecule has 1 aliphatic rings. The maximum atomic E-state index is 12.5. The predicted molar refractivity (Wildman–Crippen MR) is 75.1 cm³/mol. The van der Waals surface area contributed by atoms with Crippen LogP contribution in [0.1, 0.15) is 9.67 Å². The van der Waals surface area contributed by atoms with Gasteiger partial charge in [-0.25, -0.2) is 4.79 Å². The van der Waals surface area contributed by atoms with Gasteiger partial charge in [0, 0.05) is 11.2 Å². The second-order valence-corrected chi connectivity index (χ2v) is 5.66. The minimum atomic E-state index is -1.03.